The Kier molecular flexibility index (Phi) is 9.13. The summed E-state index contributed by atoms with van der Waals surface area (Å²) < 4.78 is 37.6. The number of hydrazone groups is 1. The molecule has 1 aromatic heterocycles. The Balaban J connectivity index is 1.58. The summed E-state index contributed by atoms with van der Waals surface area (Å²) in [5.41, 5.74) is 1.77. The van der Waals surface area contributed by atoms with Crippen LogP contribution in [0.4, 0.5) is 5.69 Å². The first-order valence-electron chi connectivity index (χ1n) is 11.2. The van der Waals surface area contributed by atoms with Gasteiger partial charge in [0.1, 0.15) is 12.3 Å². The number of nitrogens with zero attached hydrogens (tertiary/aromatic N) is 3. The fourth-order valence-corrected chi connectivity index (χ4v) is 4.50. The van der Waals surface area contributed by atoms with Gasteiger partial charge in [-0.05, 0) is 67.6 Å². The molecule has 0 saturated carbocycles. The lowest BCUT2D eigenvalue weighted by Crippen LogP contribution is -2.21. The third-order valence-corrected chi connectivity index (χ3v) is 7.01. The van der Waals surface area contributed by atoms with Crippen molar-refractivity contribution >= 4 is 45.5 Å². The number of rotatable bonds is 11. The van der Waals surface area contributed by atoms with E-state index in [1.807, 2.05) is 0 Å². The summed E-state index contributed by atoms with van der Waals surface area (Å²) in [6.07, 6.45) is 4.53. The fraction of sp³-hybridized carbons (Fsp3) is 0.125. The first-order valence-corrected chi connectivity index (χ1v) is 13.4. The van der Waals surface area contributed by atoms with Gasteiger partial charge in [0.2, 0.25) is 0 Å². The minimum atomic E-state index is -4.40. The van der Waals surface area contributed by atoms with Crippen LogP contribution in [0.3, 0.4) is 0 Å². The maximum Gasteiger partial charge on any atom is 0.294 e. The van der Waals surface area contributed by atoms with Gasteiger partial charge in [0, 0.05) is 10.6 Å². The van der Waals surface area contributed by atoms with E-state index in [0.29, 0.717) is 21.8 Å². The largest absolute Gasteiger partial charge is 0.295 e. The van der Waals surface area contributed by atoms with Crippen LogP contribution in [-0.2, 0) is 34.1 Å². The number of carbonyl (C=O) groups is 1. The molecule has 1 aliphatic rings. The van der Waals surface area contributed by atoms with Crippen LogP contribution in [-0.4, -0.2) is 53.3 Å². The zero-order valence-electron chi connectivity index (χ0n) is 20.9. The van der Waals surface area contributed by atoms with Crippen LogP contribution in [0.15, 0.2) is 85.9 Å². The molecule has 2 heterocycles. The van der Waals surface area contributed by atoms with Crippen LogP contribution in [0.5, 0.6) is 0 Å². The number of aromatic nitrogens is 2. The molecule has 0 fully saturated rings. The van der Waals surface area contributed by atoms with Crippen molar-refractivity contribution in [1.29, 1.82) is 0 Å². The SMILES string of the molecule is COOCC1=NN(c2ccc(S(=O)(=O)O)cc2)C(=O)C1=CC=Cc1c(C)[nH]n(-c2ccc(SOOO)cc2)c1=O. The number of carbonyl (C=O) groups excluding carboxylic acids is 1. The average Bonchev–Trinajstić information content (AvgIpc) is 3.41. The highest BCUT2D eigenvalue weighted by molar-refractivity contribution is 7.94. The van der Waals surface area contributed by atoms with E-state index >= 15 is 0 Å². The van der Waals surface area contributed by atoms with E-state index in [4.69, 9.17) is 10.1 Å². The second-order valence-electron chi connectivity index (χ2n) is 8.01. The van der Waals surface area contributed by atoms with E-state index in [0.717, 1.165) is 29.2 Å². The van der Waals surface area contributed by atoms with Crippen molar-refractivity contribution in [3.8, 4) is 5.69 Å². The molecule has 16 heteroatoms. The summed E-state index contributed by atoms with van der Waals surface area (Å²) in [6, 6.07) is 11.6. The van der Waals surface area contributed by atoms with E-state index in [1.54, 1.807) is 37.3 Å². The molecule has 0 aliphatic carbocycles. The molecule has 0 radical (unpaired) electrons. The molecule has 2 aromatic carbocycles. The van der Waals surface area contributed by atoms with Crippen molar-refractivity contribution in [2.75, 3.05) is 18.7 Å². The summed E-state index contributed by atoms with van der Waals surface area (Å²) in [7, 11) is -3.10. The molecule has 1 aliphatic heterocycles. The van der Waals surface area contributed by atoms with Crippen molar-refractivity contribution in [2.24, 2.45) is 5.10 Å². The van der Waals surface area contributed by atoms with Gasteiger partial charge in [0.15, 0.2) is 0 Å². The lowest BCUT2D eigenvalue weighted by Gasteiger charge is -2.11. The molecule has 210 valence electrons. The Bertz CT molecular complexity index is 1640. The molecule has 3 N–H and O–H groups in total. The molecule has 0 atom stereocenters. The van der Waals surface area contributed by atoms with Crippen LogP contribution in [0.2, 0.25) is 0 Å². The van der Waals surface area contributed by atoms with E-state index in [-0.39, 0.29) is 34.0 Å². The lowest BCUT2D eigenvalue weighted by molar-refractivity contribution is -0.432. The molecule has 0 bridgehead atoms. The second-order valence-corrected chi connectivity index (χ2v) is 10.2. The molecule has 0 saturated heterocycles. The predicted octanol–water partition coefficient (Wildman–Crippen LogP) is 3.07. The van der Waals surface area contributed by atoms with Gasteiger partial charge >= 0.3 is 0 Å². The number of aromatic amines is 1. The summed E-state index contributed by atoms with van der Waals surface area (Å²) in [5, 5.41) is 20.1. The van der Waals surface area contributed by atoms with E-state index in [2.05, 4.69) is 24.5 Å². The van der Waals surface area contributed by atoms with Crippen molar-refractivity contribution < 1.29 is 42.2 Å². The molecular weight excluding hydrogens is 568 g/mol. The average molecular weight is 591 g/mol. The van der Waals surface area contributed by atoms with Gasteiger partial charge in [0.25, 0.3) is 21.6 Å². The van der Waals surface area contributed by atoms with Crippen molar-refractivity contribution in [1.82, 2.24) is 9.78 Å². The number of hydrogen-bond acceptors (Lipinski definition) is 11. The van der Waals surface area contributed by atoms with E-state index < -0.39 is 16.0 Å². The Morgan fingerprint density at radius 2 is 1.75 bits per heavy atom. The first kappa shape index (κ1) is 29.1. The standard InChI is InChI=1S/C24H22N4O10S2/c1-15-20(23(29)27(25-15)16-6-10-18(11-7-16)39-38-37-31)4-3-5-21-22(14-36-35-2)26-28(24(21)30)17-8-12-19(13-9-17)40(32,33)34/h3-13,25,31H,14H2,1-2H3,(H,32,33,34). The Labute approximate surface area is 231 Å². The van der Waals surface area contributed by atoms with Gasteiger partial charge in [-0.3, -0.25) is 19.2 Å². The lowest BCUT2D eigenvalue weighted by atomic mass is 10.1. The number of allylic oxidation sites excluding steroid dienone is 2. The van der Waals surface area contributed by atoms with Crippen LogP contribution >= 0.6 is 12.0 Å². The molecule has 40 heavy (non-hydrogen) atoms. The molecule has 0 spiro atoms. The molecule has 0 unspecified atom stereocenters. The van der Waals surface area contributed by atoms with Gasteiger partial charge in [-0.1, -0.05) is 11.1 Å². The van der Waals surface area contributed by atoms with E-state index in [9.17, 15) is 22.6 Å². The molecule has 3 aromatic rings. The molecule has 1 amide bonds. The summed E-state index contributed by atoms with van der Waals surface area (Å²) in [5.74, 6) is -0.532. The van der Waals surface area contributed by atoms with Gasteiger partial charge in [-0.2, -0.15) is 18.5 Å². The van der Waals surface area contributed by atoms with Crippen molar-refractivity contribution in [3.63, 3.8) is 0 Å². The van der Waals surface area contributed by atoms with Crippen LogP contribution < -0.4 is 10.6 Å². The Hall–Kier alpha value is -3.87. The number of nitrogens with one attached hydrogen (secondary N) is 1. The zero-order valence-corrected chi connectivity index (χ0v) is 22.5. The number of benzene rings is 2. The molecular formula is C24H22N4O10S2. The summed E-state index contributed by atoms with van der Waals surface area (Å²) >= 11 is 0.786. The fourth-order valence-electron chi connectivity index (χ4n) is 3.66. The number of anilines is 1. The van der Waals surface area contributed by atoms with Crippen molar-refractivity contribution in [2.45, 2.75) is 16.7 Å². The van der Waals surface area contributed by atoms with Gasteiger partial charge in [-0.25, -0.2) is 19.7 Å². The monoisotopic (exact) mass is 590 g/mol. The van der Waals surface area contributed by atoms with Crippen molar-refractivity contribution in [3.05, 3.63) is 87.9 Å². The Morgan fingerprint density at radius 3 is 2.38 bits per heavy atom. The highest BCUT2D eigenvalue weighted by Gasteiger charge is 2.31. The summed E-state index contributed by atoms with van der Waals surface area (Å²) in [6.45, 7) is 1.56. The number of H-pyrrole nitrogens is 1. The maximum atomic E-state index is 13.2. The highest BCUT2D eigenvalue weighted by Crippen LogP contribution is 2.26. The van der Waals surface area contributed by atoms with Crippen LogP contribution in [0.25, 0.3) is 11.8 Å². The number of hydrogen-bond donors (Lipinski definition) is 3. The van der Waals surface area contributed by atoms with Gasteiger partial charge < -0.3 is 0 Å². The zero-order chi connectivity index (χ0) is 28.9. The number of amides is 1. The maximum absolute atomic E-state index is 13.2. The predicted molar refractivity (Wildman–Crippen MR) is 143 cm³/mol. The molecule has 4 rings (SSSR count). The topological polar surface area (TPSA) is 182 Å². The van der Waals surface area contributed by atoms with Gasteiger partial charge in [-0.15, -0.1) is 4.33 Å². The molecule has 14 nitrogen and oxygen atoms in total. The van der Waals surface area contributed by atoms with Gasteiger partial charge in [0.05, 0.1) is 46.6 Å². The number of aryl methyl sites for hydroxylation is 1. The third-order valence-electron chi connectivity index (χ3n) is 5.55. The van der Waals surface area contributed by atoms with E-state index in [1.165, 1.54) is 36.1 Å². The minimum absolute atomic E-state index is 0.155. The quantitative estimate of drug-likeness (QED) is 0.0981. The highest BCUT2D eigenvalue weighted by atomic mass is 32.2. The second kappa shape index (κ2) is 12.5. The normalized spacial score (nSPS) is 15.0. The van der Waals surface area contributed by atoms with Crippen LogP contribution in [0.1, 0.15) is 11.3 Å². The smallest absolute Gasteiger partial charge is 0.294 e. The Morgan fingerprint density at radius 1 is 1.07 bits per heavy atom. The van der Waals surface area contributed by atoms with Crippen LogP contribution in [0, 0.1) is 6.92 Å². The first-order chi connectivity index (χ1) is 19.1. The summed E-state index contributed by atoms with van der Waals surface area (Å²) in [4.78, 5) is 36.1. The minimum Gasteiger partial charge on any atom is -0.295 e. The third kappa shape index (κ3) is 6.46.